The highest BCUT2D eigenvalue weighted by Crippen LogP contribution is 2.21. The maximum absolute atomic E-state index is 13.1. The fraction of sp³-hybridized carbons (Fsp3) is 0.306. The lowest BCUT2D eigenvalue weighted by Crippen LogP contribution is -2.27. The Morgan fingerprint density at radius 1 is 0.574 bits per heavy atom. The van der Waals surface area contributed by atoms with Crippen molar-refractivity contribution in [1.29, 1.82) is 0 Å². The zero-order valence-corrected chi connectivity index (χ0v) is 36.2. The molecule has 2 aromatic carbocycles. The first-order valence-corrected chi connectivity index (χ1v) is 21.2. The highest BCUT2D eigenvalue weighted by atomic mass is 35.5. The zero-order chi connectivity index (χ0) is 43.0. The van der Waals surface area contributed by atoms with Gasteiger partial charge in [0.2, 0.25) is 0 Å². The van der Waals surface area contributed by atoms with Crippen LogP contribution in [0.25, 0.3) is 21.9 Å². The SMILES string of the molecule is Cc1ccc2c(=O)c(CCl)coc2c1C.Cc1ccc2c(=O)c(CN(CCCn3ccnc3)Cc3ccncc3)coc2c1C.c1cc(CCCCCn2ccnc2)ccn1. The first-order valence-electron chi connectivity index (χ1n) is 20.7. The van der Waals surface area contributed by atoms with Crippen molar-refractivity contribution in [3.8, 4) is 0 Å². The van der Waals surface area contributed by atoms with Crippen LogP contribution in [0, 0.1) is 27.7 Å². The van der Waals surface area contributed by atoms with E-state index < -0.39 is 0 Å². The van der Waals surface area contributed by atoms with Crippen LogP contribution < -0.4 is 10.9 Å². The normalized spacial score (nSPS) is 11.0. The standard InChI is InChI=1S/C24H26N4O2.C13H17N3.C12H11ClO2/c1-18-4-5-22-23(29)21(16-30-24(22)19(18)2)15-28(14-20-6-8-25-9-7-20)12-3-11-27-13-10-26-17-27;1(3-10-16-11-9-15-12-16)2-4-13-5-7-14-8-6-13;1-7-3-4-10-11(14)9(5-13)6-15-12(10)8(7)2/h4-10,13,16-17H,3,11-12,14-15H2,1-2H3;5-9,11-12H,1-4,10H2;3-4,6H,5H2,1-2H3. The highest BCUT2D eigenvalue weighted by Gasteiger charge is 2.15. The second kappa shape index (κ2) is 22.4. The fourth-order valence-electron chi connectivity index (χ4n) is 7.02. The van der Waals surface area contributed by atoms with Gasteiger partial charge in [-0.3, -0.25) is 24.5 Å². The summed E-state index contributed by atoms with van der Waals surface area (Å²) in [5.41, 5.74) is 9.37. The van der Waals surface area contributed by atoms with Crippen LogP contribution in [-0.4, -0.2) is 40.5 Å². The molecule has 0 bridgehead atoms. The van der Waals surface area contributed by atoms with Crippen LogP contribution in [0.5, 0.6) is 0 Å². The van der Waals surface area contributed by atoms with Crippen molar-refractivity contribution in [2.45, 2.75) is 91.9 Å². The molecule has 0 spiro atoms. The Labute approximate surface area is 361 Å². The smallest absolute Gasteiger partial charge is 0.197 e. The number of unbranched alkanes of at least 4 members (excludes halogenated alkanes) is 2. The van der Waals surface area contributed by atoms with Crippen molar-refractivity contribution in [3.63, 3.8) is 0 Å². The number of halogens is 1. The van der Waals surface area contributed by atoms with Crippen molar-refractivity contribution < 1.29 is 8.83 Å². The van der Waals surface area contributed by atoms with E-state index in [0.29, 0.717) is 39.6 Å². The van der Waals surface area contributed by atoms with E-state index in [9.17, 15) is 9.59 Å². The van der Waals surface area contributed by atoms with Gasteiger partial charge in [0.05, 0.1) is 47.4 Å². The van der Waals surface area contributed by atoms with Crippen LogP contribution in [0.4, 0.5) is 0 Å². The number of aromatic nitrogens is 6. The Bertz CT molecular complexity index is 2680. The molecule has 11 nitrogen and oxygen atoms in total. The van der Waals surface area contributed by atoms with Gasteiger partial charge in [-0.1, -0.05) is 18.6 Å². The molecule has 0 saturated heterocycles. The minimum atomic E-state index is -0.0330. The van der Waals surface area contributed by atoms with Crippen molar-refractivity contribution in [3.05, 3.63) is 188 Å². The Kier molecular flexibility index (Phi) is 16.3. The number of fused-ring (bicyclic) bond motifs is 2. The monoisotopic (exact) mass is 839 g/mol. The summed E-state index contributed by atoms with van der Waals surface area (Å²) in [6.07, 6.45) is 27.6. The van der Waals surface area contributed by atoms with Crippen LogP contribution in [0.1, 0.15) is 70.2 Å². The molecule has 0 aliphatic heterocycles. The quantitative estimate of drug-likeness (QED) is 0.0733. The number of alkyl halides is 1. The molecule has 0 aliphatic rings. The molecule has 0 atom stereocenters. The minimum Gasteiger partial charge on any atom is -0.463 e. The molecule has 0 radical (unpaired) electrons. The lowest BCUT2D eigenvalue weighted by Gasteiger charge is -2.22. The van der Waals surface area contributed by atoms with E-state index >= 15 is 0 Å². The third-order valence-electron chi connectivity index (χ3n) is 10.9. The molecule has 6 heterocycles. The molecular formula is C49H54ClN7O4. The van der Waals surface area contributed by atoms with E-state index in [1.165, 1.54) is 36.7 Å². The first kappa shape index (κ1) is 44.4. The van der Waals surface area contributed by atoms with Crippen LogP contribution >= 0.6 is 11.6 Å². The van der Waals surface area contributed by atoms with Crippen LogP contribution in [0.3, 0.4) is 0 Å². The first-order chi connectivity index (χ1) is 29.7. The number of aryl methyl sites for hydroxylation is 7. The van der Waals surface area contributed by atoms with Gasteiger partial charge in [-0.2, -0.15) is 0 Å². The summed E-state index contributed by atoms with van der Waals surface area (Å²) in [5.74, 6) is 0.186. The van der Waals surface area contributed by atoms with E-state index in [1.54, 1.807) is 30.9 Å². The number of pyridine rings is 2. The molecule has 0 aliphatic carbocycles. The third kappa shape index (κ3) is 12.4. The number of benzene rings is 2. The number of nitrogens with zero attached hydrogens (tertiary/aromatic N) is 7. The third-order valence-corrected chi connectivity index (χ3v) is 11.2. The molecule has 0 saturated carbocycles. The number of rotatable bonds is 15. The van der Waals surface area contributed by atoms with E-state index in [1.807, 2.05) is 102 Å². The summed E-state index contributed by atoms with van der Waals surface area (Å²) < 4.78 is 15.5. The summed E-state index contributed by atoms with van der Waals surface area (Å²) in [4.78, 5) is 43.5. The summed E-state index contributed by atoms with van der Waals surface area (Å²) in [7, 11) is 0. The Morgan fingerprint density at radius 2 is 1.10 bits per heavy atom. The molecule has 12 heteroatoms. The average Bonchev–Trinajstić information content (AvgIpc) is 4.01. The molecule has 0 amide bonds. The van der Waals surface area contributed by atoms with Crippen molar-refractivity contribution in [1.82, 2.24) is 34.0 Å². The van der Waals surface area contributed by atoms with E-state index in [-0.39, 0.29) is 16.7 Å². The van der Waals surface area contributed by atoms with Gasteiger partial charge < -0.3 is 18.0 Å². The van der Waals surface area contributed by atoms with Gasteiger partial charge >= 0.3 is 0 Å². The maximum atomic E-state index is 13.1. The summed E-state index contributed by atoms with van der Waals surface area (Å²) in [6, 6.07) is 15.8. The molecule has 316 valence electrons. The summed E-state index contributed by atoms with van der Waals surface area (Å²) in [6.45, 7) is 12.1. The van der Waals surface area contributed by atoms with Gasteiger partial charge in [-0.25, -0.2) is 9.97 Å². The Balaban J connectivity index is 0.000000169. The molecule has 0 unspecified atom stereocenters. The number of imidazole rings is 2. The van der Waals surface area contributed by atoms with Crippen molar-refractivity contribution >= 4 is 33.5 Å². The van der Waals surface area contributed by atoms with Crippen molar-refractivity contribution in [2.24, 2.45) is 0 Å². The molecular weight excluding hydrogens is 786 g/mol. The average molecular weight is 840 g/mol. The topological polar surface area (TPSA) is 125 Å². The zero-order valence-electron chi connectivity index (χ0n) is 35.5. The Morgan fingerprint density at radius 3 is 1.64 bits per heavy atom. The lowest BCUT2D eigenvalue weighted by molar-refractivity contribution is 0.246. The van der Waals surface area contributed by atoms with Gasteiger partial charge in [0.15, 0.2) is 10.9 Å². The number of hydrogen-bond acceptors (Lipinski definition) is 9. The van der Waals surface area contributed by atoms with Crippen molar-refractivity contribution in [2.75, 3.05) is 6.54 Å². The summed E-state index contributed by atoms with van der Waals surface area (Å²) >= 11 is 5.64. The van der Waals surface area contributed by atoms with Gasteiger partial charge in [0.1, 0.15) is 11.2 Å². The van der Waals surface area contributed by atoms with E-state index in [2.05, 4.69) is 46.1 Å². The van der Waals surface area contributed by atoms with E-state index in [4.69, 9.17) is 20.4 Å². The second-order valence-corrected chi connectivity index (χ2v) is 15.5. The fourth-order valence-corrected chi connectivity index (χ4v) is 7.21. The predicted octanol–water partition coefficient (Wildman–Crippen LogP) is 9.93. The molecule has 8 aromatic rings. The maximum Gasteiger partial charge on any atom is 0.197 e. The van der Waals surface area contributed by atoms with Gasteiger partial charge in [0, 0.05) is 87.9 Å². The largest absolute Gasteiger partial charge is 0.463 e. The minimum absolute atomic E-state index is 0.0330. The van der Waals surface area contributed by atoms with Gasteiger partial charge in [-0.05, 0) is 123 Å². The van der Waals surface area contributed by atoms with Crippen LogP contribution in [-0.2, 0) is 38.5 Å². The molecule has 61 heavy (non-hydrogen) atoms. The predicted molar refractivity (Wildman–Crippen MR) is 243 cm³/mol. The molecule has 0 fully saturated rings. The molecule has 8 rings (SSSR count). The van der Waals surface area contributed by atoms with Gasteiger partial charge in [-0.15, -0.1) is 11.6 Å². The lowest BCUT2D eigenvalue weighted by atomic mass is 10.0. The van der Waals surface area contributed by atoms with Gasteiger partial charge in [0.25, 0.3) is 0 Å². The van der Waals surface area contributed by atoms with E-state index in [0.717, 1.165) is 61.3 Å². The second-order valence-electron chi connectivity index (χ2n) is 15.3. The molecule has 6 aromatic heterocycles. The summed E-state index contributed by atoms with van der Waals surface area (Å²) in [5, 5.41) is 1.26. The molecule has 0 N–H and O–H groups in total. The highest BCUT2D eigenvalue weighted by molar-refractivity contribution is 6.17. The number of hydrogen-bond donors (Lipinski definition) is 0. The Hall–Kier alpha value is -6.17. The van der Waals surface area contributed by atoms with Crippen LogP contribution in [0.2, 0.25) is 0 Å². The van der Waals surface area contributed by atoms with Crippen LogP contribution in [0.15, 0.2) is 142 Å².